The van der Waals surface area contributed by atoms with Crippen molar-refractivity contribution in [2.75, 3.05) is 0 Å². The molecule has 2 aromatic rings. The molecule has 2 heterocycles. The van der Waals surface area contributed by atoms with Gasteiger partial charge in [-0.05, 0) is 18.9 Å². The Morgan fingerprint density at radius 2 is 1.95 bits per heavy atom. The molecular weight excluding hydrogens is 252 g/mol. The predicted molar refractivity (Wildman–Crippen MR) is 78.4 cm³/mol. The van der Waals surface area contributed by atoms with Gasteiger partial charge in [0.2, 0.25) is 5.88 Å². The monoisotopic (exact) mass is 272 g/mol. The summed E-state index contributed by atoms with van der Waals surface area (Å²) in [6.07, 6.45) is 3.74. The van der Waals surface area contributed by atoms with Gasteiger partial charge in [-0.15, -0.1) is 5.06 Å². The summed E-state index contributed by atoms with van der Waals surface area (Å²) in [4.78, 5) is 5.70. The molecule has 0 amide bonds. The lowest BCUT2D eigenvalue weighted by Crippen LogP contribution is -2.36. The van der Waals surface area contributed by atoms with Crippen LogP contribution in [0.3, 0.4) is 0 Å². The number of rotatable bonds is 3. The van der Waals surface area contributed by atoms with Gasteiger partial charge in [0.15, 0.2) is 0 Å². The van der Waals surface area contributed by atoms with Crippen molar-refractivity contribution in [3.05, 3.63) is 48.1 Å². The molecule has 4 heteroatoms. The Bertz CT molecular complexity index is 645. The molecule has 0 bridgehead atoms. The Balaban J connectivity index is 2.02. The van der Waals surface area contributed by atoms with Crippen molar-refractivity contribution in [3.8, 4) is 0 Å². The summed E-state index contributed by atoms with van der Waals surface area (Å²) in [5, 5.41) is 3.06. The van der Waals surface area contributed by atoms with Crippen LogP contribution < -0.4 is 5.73 Å². The largest absolute Gasteiger partial charge is 0.464 e. The lowest BCUT2D eigenvalue weighted by atomic mass is 10.0. The average molecular weight is 272 g/mol. The first-order chi connectivity index (χ1) is 9.58. The zero-order valence-electron chi connectivity index (χ0n) is 12.0. The molecular formula is C16H20N2O2. The molecule has 0 aliphatic carbocycles. The van der Waals surface area contributed by atoms with Crippen LogP contribution in [0, 0.1) is 5.92 Å². The molecule has 1 aliphatic heterocycles. The third kappa shape index (κ3) is 2.06. The highest BCUT2D eigenvalue weighted by Crippen LogP contribution is 2.37. The molecule has 2 atom stereocenters. The van der Waals surface area contributed by atoms with Gasteiger partial charge in [-0.3, -0.25) is 0 Å². The fourth-order valence-corrected chi connectivity index (χ4v) is 2.52. The van der Waals surface area contributed by atoms with Crippen LogP contribution in [0.4, 0.5) is 0 Å². The maximum Gasteiger partial charge on any atom is 0.207 e. The number of fused-ring (bicyclic) bond motifs is 1. The second-order valence-corrected chi connectivity index (χ2v) is 5.64. The maximum absolute atomic E-state index is 5.87. The lowest BCUT2D eigenvalue weighted by Gasteiger charge is -2.30. The molecule has 0 fully saturated rings. The van der Waals surface area contributed by atoms with E-state index in [-0.39, 0.29) is 12.1 Å². The number of furan rings is 1. The first-order valence-electron chi connectivity index (χ1n) is 6.97. The molecule has 1 aromatic carbocycles. The summed E-state index contributed by atoms with van der Waals surface area (Å²) in [5.74, 6) is 0.919. The summed E-state index contributed by atoms with van der Waals surface area (Å²) >= 11 is 0. The fraction of sp³-hybridized carbons (Fsp3) is 0.375. The number of nitrogens with zero attached hydrogens (tertiary/aromatic N) is 1. The lowest BCUT2D eigenvalue weighted by molar-refractivity contribution is -0.157. The molecule has 0 saturated heterocycles. The zero-order chi connectivity index (χ0) is 14.3. The fourth-order valence-electron chi connectivity index (χ4n) is 2.52. The first-order valence-corrected chi connectivity index (χ1v) is 6.97. The van der Waals surface area contributed by atoms with Gasteiger partial charge in [0.05, 0.1) is 12.3 Å². The topological polar surface area (TPSA) is 51.6 Å². The summed E-state index contributed by atoms with van der Waals surface area (Å²) in [6, 6.07) is 8.27. The molecule has 3 rings (SSSR count). The van der Waals surface area contributed by atoms with E-state index in [0.717, 1.165) is 16.5 Å². The molecule has 106 valence electrons. The minimum absolute atomic E-state index is 0.00366. The van der Waals surface area contributed by atoms with E-state index in [1.54, 1.807) is 6.26 Å². The summed E-state index contributed by atoms with van der Waals surface area (Å²) < 4.78 is 5.63. The van der Waals surface area contributed by atoms with Gasteiger partial charge in [-0.2, -0.15) is 0 Å². The number of benzene rings is 1. The summed E-state index contributed by atoms with van der Waals surface area (Å²) in [5.41, 5.74) is 7.85. The molecule has 2 unspecified atom stereocenters. The summed E-state index contributed by atoms with van der Waals surface area (Å²) in [7, 11) is 0. The van der Waals surface area contributed by atoms with Crippen LogP contribution in [0.25, 0.3) is 11.0 Å². The first kappa shape index (κ1) is 13.1. The van der Waals surface area contributed by atoms with Crippen molar-refractivity contribution in [1.82, 2.24) is 5.06 Å². The van der Waals surface area contributed by atoms with E-state index in [0.29, 0.717) is 11.8 Å². The van der Waals surface area contributed by atoms with Gasteiger partial charge in [0, 0.05) is 23.1 Å². The van der Waals surface area contributed by atoms with Crippen LogP contribution in [0.5, 0.6) is 0 Å². The highest BCUT2D eigenvalue weighted by Gasteiger charge is 2.34. The third-order valence-electron chi connectivity index (χ3n) is 4.00. The van der Waals surface area contributed by atoms with Crippen LogP contribution >= 0.6 is 0 Å². The van der Waals surface area contributed by atoms with Crippen molar-refractivity contribution in [2.45, 2.75) is 32.9 Å². The Hall–Kier alpha value is -1.94. The minimum Gasteiger partial charge on any atom is -0.464 e. The Morgan fingerprint density at radius 1 is 1.20 bits per heavy atom. The quantitative estimate of drug-likeness (QED) is 0.928. The molecule has 0 saturated carbocycles. The van der Waals surface area contributed by atoms with Crippen molar-refractivity contribution >= 4 is 11.0 Å². The smallest absolute Gasteiger partial charge is 0.207 e. The van der Waals surface area contributed by atoms with E-state index in [2.05, 4.69) is 26.8 Å². The van der Waals surface area contributed by atoms with Gasteiger partial charge in [-0.1, -0.05) is 32.0 Å². The molecule has 0 radical (unpaired) electrons. The number of hydrogen-bond donors (Lipinski definition) is 1. The van der Waals surface area contributed by atoms with Gasteiger partial charge < -0.3 is 15.0 Å². The van der Waals surface area contributed by atoms with Crippen LogP contribution in [0.2, 0.25) is 0 Å². The van der Waals surface area contributed by atoms with E-state index >= 15 is 0 Å². The van der Waals surface area contributed by atoms with E-state index in [1.165, 1.54) is 0 Å². The number of hydrogen-bond acceptors (Lipinski definition) is 4. The Kier molecular flexibility index (Phi) is 3.18. The molecule has 1 aromatic heterocycles. The normalized spacial score (nSPS) is 21.2. The number of hydroxylamine groups is 2. The molecule has 1 aliphatic rings. The average Bonchev–Trinajstić information content (AvgIpc) is 3.00. The van der Waals surface area contributed by atoms with Gasteiger partial charge >= 0.3 is 0 Å². The van der Waals surface area contributed by atoms with Gasteiger partial charge in [0.25, 0.3) is 0 Å². The number of nitrogens with two attached hydrogens (primary N) is 1. The Labute approximate surface area is 118 Å². The third-order valence-corrected chi connectivity index (χ3v) is 4.00. The van der Waals surface area contributed by atoms with E-state index in [4.69, 9.17) is 15.0 Å². The number of para-hydroxylation sites is 1. The molecule has 20 heavy (non-hydrogen) atoms. The maximum atomic E-state index is 5.87. The highest BCUT2D eigenvalue weighted by atomic mass is 16.7. The molecule has 0 spiro atoms. The SMILES string of the molecule is CC(C)C(C)N1OC(N)=CC1c1coc2ccccc12. The van der Waals surface area contributed by atoms with Crippen molar-refractivity contribution in [2.24, 2.45) is 11.7 Å². The highest BCUT2D eigenvalue weighted by molar-refractivity contribution is 5.81. The predicted octanol–water partition coefficient (Wildman–Crippen LogP) is 3.57. The zero-order valence-corrected chi connectivity index (χ0v) is 12.0. The van der Waals surface area contributed by atoms with E-state index in [9.17, 15) is 0 Å². The minimum atomic E-state index is -0.00366. The van der Waals surface area contributed by atoms with E-state index < -0.39 is 0 Å². The van der Waals surface area contributed by atoms with E-state index in [1.807, 2.05) is 29.3 Å². The van der Waals surface area contributed by atoms with Gasteiger partial charge in [-0.25, -0.2) is 0 Å². The van der Waals surface area contributed by atoms with Crippen LogP contribution in [0.1, 0.15) is 32.4 Å². The van der Waals surface area contributed by atoms with Crippen molar-refractivity contribution in [3.63, 3.8) is 0 Å². The second kappa shape index (κ2) is 4.87. The molecule has 2 N–H and O–H groups in total. The summed E-state index contributed by atoms with van der Waals surface area (Å²) in [6.45, 7) is 6.49. The van der Waals surface area contributed by atoms with Gasteiger partial charge in [0.1, 0.15) is 5.58 Å². The van der Waals surface area contributed by atoms with Crippen LogP contribution in [0.15, 0.2) is 46.9 Å². The van der Waals surface area contributed by atoms with Crippen molar-refractivity contribution < 1.29 is 9.25 Å². The van der Waals surface area contributed by atoms with Crippen molar-refractivity contribution in [1.29, 1.82) is 0 Å². The second-order valence-electron chi connectivity index (χ2n) is 5.64. The molecule has 4 nitrogen and oxygen atoms in total. The Morgan fingerprint density at radius 3 is 2.70 bits per heavy atom. The van der Waals surface area contributed by atoms with Crippen LogP contribution in [-0.2, 0) is 4.84 Å². The van der Waals surface area contributed by atoms with Crippen LogP contribution in [-0.4, -0.2) is 11.1 Å². The standard InChI is InChI=1S/C16H20N2O2/c1-10(2)11(3)18-14(8-16(17)20-18)13-9-19-15-7-5-4-6-12(13)15/h4-11,14H,17H2,1-3H3.